The number of nitrogens with zero attached hydrogens (tertiary/aromatic N) is 3. The predicted molar refractivity (Wildman–Crippen MR) is 130 cm³/mol. The topological polar surface area (TPSA) is 105 Å². The standard InChI is InChI=1S/C24H29ClN4O5/c1-16-13-18(25)14-17(2)21(16)15-22(30)27(3)24(9-11-28(34-4)12-10-24)23(31)26-19-5-7-20(8-6-19)29(32)33/h5-8,13-14H,9-12,15H2,1-4H3,(H,26,31). The van der Waals surface area contributed by atoms with Crippen molar-refractivity contribution in [1.82, 2.24) is 9.96 Å². The number of carbonyl (C=O) groups excluding carboxylic acids is 2. The Hall–Kier alpha value is -3.01. The summed E-state index contributed by atoms with van der Waals surface area (Å²) in [5, 5.41) is 16.1. The molecule has 0 aromatic heterocycles. The van der Waals surface area contributed by atoms with Crippen molar-refractivity contribution in [2.24, 2.45) is 0 Å². The third-order valence-corrected chi connectivity index (χ3v) is 6.79. The average Bonchev–Trinajstić information content (AvgIpc) is 2.81. The van der Waals surface area contributed by atoms with Gasteiger partial charge in [0, 0.05) is 43.0 Å². The van der Waals surface area contributed by atoms with Gasteiger partial charge in [-0.25, -0.2) is 0 Å². The molecule has 10 heteroatoms. The first kappa shape index (κ1) is 25.6. The first-order valence-electron chi connectivity index (χ1n) is 10.9. The van der Waals surface area contributed by atoms with E-state index in [1.165, 1.54) is 29.2 Å². The number of amides is 2. The van der Waals surface area contributed by atoms with Gasteiger partial charge in [-0.15, -0.1) is 0 Å². The number of rotatable bonds is 7. The third-order valence-electron chi connectivity index (χ3n) is 6.57. The van der Waals surface area contributed by atoms with E-state index in [-0.39, 0.29) is 23.9 Å². The number of benzene rings is 2. The Kier molecular flexibility index (Phi) is 7.91. The molecule has 2 aromatic rings. The Morgan fingerprint density at radius 1 is 1.18 bits per heavy atom. The van der Waals surface area contributed by atoms with Crippen molar-refractivity contribution in [3.8, 4) is 0 Å². The van der Waals surface area contributed by atoms with Crippen LogP contribution in [-0.2, 0) is 20.8 Å². The molecule has 2 amide bonds. The largest absolute Gasteiger partial charge is 0.331 e. The van der Waals surface area contributed by atoms with Crippen LogP contribution in [0.2, 0.25) is 5.02 Å². The Morgan fingerprint density at radius 2 is 1.74 bits per heavy atom. The highest BCUT2D eigenvalue weighted by atomic mass is 35.5. The Labute approximate surface area is 203 Å². The van der Waals surface area contributed by atoms with Crippen molar-refractivity contribution in [2.45, 2.75) is 38.6 Å². The van der Waals surface area contributed by atoms with Crippen LogP contribution in [0.1, 0.15) is 29.5 Å². The van der Waals surface area contributed by atoms with E-state index in [1.54, 1.807) is 19.2 Å². The number of aryl methyl sites for hydroxylation is 2. The van der Waals surface area contributed by atoms with Crippen LogP contribution in [0.3, 0.4) is 0 Å². The fourth-order valence-corrected chi connectivity index (χ4v) is 4.72. The lowest BCUT2D eigenvalue weighted by atomic mass is 9.84. The predicted octanol–water partition coefficient (Wildman–Crippen LogP) is 3.90. The minimum absolute atomic E-state index is 0.0675. The number of hydrogen-bond donors (Lipinski definition) is 1. The molecule has 34 heavy (non-hydrogen) atoms. The van der Waals surface area contributed by atoms with E-state index in [1.807, 2.05) is 26.0 Å². The first-order chi connectivity index (χ1) is 16.1. The summed E-state index contributed by atoms with van der Waals surface area (Å²) in [5.41, 5.74) is 2.00. The third kappa shape index (κ3) is 5.38. The fourth-order valence-electron chi connectivity index (χ4n) is 4.40. The summed E-state index contributed by atoms with van der Waals surface area (Å²) >= 11 is 6.14. The molecule has 1 aliphatic rings. The molecule has 0 atom stereocenters. The van der Waals surface area contributed by atoms with Crippen LogP contribution in [-0.4, -0.2) is 59.5 Å². The van der Waals surface area contributed by atoms with Gasteiger partial charge in [0.2, 0.25) is 11.8 Å². The second-order valence-corrected chi connectivity index (χ2v) is 8.99. The van der Waals surface area contributed by atoms with Gasteiger partial charge < -0.3 is 15.1 Å². The molecule has 182 valence electrons. The number of nitrogens with one attached hydrogen (secondary N) is 1. The number of likely N-dealkylation sites (N-methyl/N-ethyl adjacent to an activating group) is 1. The van der Waals surface area contributed by atoms with Gasteiger partial charge in [0.1, 0.15) is 5.54 Å². The number of piperidine rings is 1. The van der Waals surface area contributed by atoms with Crippen molar-refractivity contribution in [3.63, 3.8) is 0 Å². The van der Waals surface area contributed by atoms with Crippen LogP contribution in [0.4, 0.5) is 11.4 Å². The van der Waals surface area contributed by atoms with Crippen molar-refractivity contribution in [3.05, 3.63) is 68.2 Å². The van der Waals surface area contributed by atoms with Gasteiger partial charge >= 0.3 is 0 Å². The van der Waals surface area contributed by atoms with Crippen LogP contribution in [0.5, 0.6) is 0 Å². The van der Waals surface area contributed by atoms with Gasteiger partial charge in [-0.1, -0.05) is 11.6 Å². The molecule has 1 saturated heterocycles. The van der Waals surface area contributed by atoms with Crippen molar-refractivity contribution >= 4 is 34.8 Å². The quantitative estimate of drug-likeness (QED) is 0.468. The maximum absolute atomic E-state index is 13.6. The molecular weight excluding hydrogens is 460 g/mol. The van der Waals surface area contributed by atoms with E-state index in [0.717, 1.165) is 16.7 Å². The zero-order valence-electron chi connectivity index (χ0n) is 19.8. The average molecular weight is 489 g/mol. The van der Waals surface area contributed by atoms with Crippen LogP contribution >= 0.6 is 11.6 Å². The van der Waals surface area contributed by atoms with Crippen LogP contribution in [0, 0.1) is 24.0 Å². The summed E-state index contributed by atoms with van der Waals surface area (Å²) in [4.78, 5) is 44.3. The number of carbonyl (C=O) groups is 2. The maximum Gasteiger partial charge on any atom is 0.269 e. The Morgan fingerprint density at radius 3 is 2.24 bits per heavy atom. The highest BCUT2D eigenvalue weighted by molar-refractivity contribution is 6.30. The highest BCUT2D eigenvalue weighted by Gasteiger charge is 2.47. The number of non-ortho nitro benzene ring substituents is 1. The molecule has 0 aliphatic carbocycles. The second-order valence-electron chi connectivity index (χ2n) is 8.55. The number of nitro benzene ring substituents is 1. The van der Waals surface area contributed by atoms with E-state index in [0.29, 0.717) is 36.6 Å². The van der Waals surface area contributed by atoms with Crippen molar-refractivity contribution < 1.29 is 19.3 Å². The molecule has 0 radical (unpaired) electrons. The van der Waals surface area contributed by atoms with E-state index in [2.05, 4.69) is 5.32 Å². The summed E-state index contributed by atoms with van der Waals surface area (Å²) in [5.74, 6) is -0.518. The van der Waals surface area contributed by atoms with Crippen LogP contribution < -0.4 is 5.32 Å². The van der Waals surface area contributed by atoms with E-state index >= 15 is 0 Å². The van der Waals surface area contributed by atoms with Gasteiger partial charge in [-0.05, 0) is 67.6 Å². The lowest BCUT2D eigenvalue weighted by Gasteiger charge is -2.45. The summed E-state index contributed by atoms with van der Waals surface area (Å²) in [6.45, 7) is 4.77. The van der Waals surface area contributed by atoms with Crippen LogP contribution in [0.25, 0.3) is 0 Å². The fraction of sp³-hybridized carbons (Fsp3) is 0.417. The molecule has 1 fully saturated rings. The Bertz CT molecular complexity index is 1060. The van der Waals surface area contributed by atoms with E-state index < -0.39 is 10.5 Å². The molecule has 1 heterocycles. The zero-order chi connectivity index (χ0) is 25.0. The van der Waals surface area contributed by atoms with Crippen molar-refractivity contribution in [1.29, 1.82) is 0 Å². The number of anilines is 1. The molecule has 1 N–H and O–H groups in total. The monoisotopic (exact) mass is 488 g/mol. The number of hydrogen-bond acceptors (Lipinski definition) is 6. The number of halogens is 1. The SMILES string of the molecule is CON1CCC(C(=O)Nc2ccc([N+](=O)[O-])cc2)(N(C)C(=O)Cc2c(C)cc(Cl)cc2C)CC1. The first-order valence-corrected chi connectivity index (χ1v) is 11.3. The minimum atomic E-state index is -1.10. The summed E-state index contributed by atoms with van der Waals surface area (Å²) in [6.07, 6.45) is 0.896. The Balaban J connectivity index is 1.86. The summed E-state index contributed by atoms with van der Waals surface area (Å²) in [6, 6.07) is 9.27. The second kappa shape index (κ2) is 10.5. The molecule has 0 saturated carbocycles. The van der Waals surface area contributed by atoms with Gasteiger partial charge in [0.15, 0.2) is 0 Å². The smallest absolute Gasteiger partial charge is 0.269 e. The van der Waals surface area contributed by atoms with E-state index in [4.69, 9.17) is 16.4 Å². The molecule has 0 unspecified atom stereocenters. The molecular formula is C24H29ClN4O5. The molecule has 9 nitrogen and oxygen atoms in total. The number of nitro groups is 1. The van der Waals surface area contributed by atoms with E-state index in [9.17, 15) is 19.7 Å². The summed E-state index contributed by atoms with van der Waals surface area (Å²) in [7, 11) is 3.23. The molecule has 2 aromatic carbocycles. The normalized spacial score (nSPS) is 15.6. The molecule has 0 bridgehead atoms. The van der Waals surface area contributed by atoms with Gasteiger partial charge in [-0.3, -0.25) is 19.7 Å². The lowest BCUT2D eigenvalue weighted by Crippen LogP contribution is -2.62. The highest BCUT2D eigenvalue weighted by Crippen LogP contribution is 2.31. The maximum atomic E-state index is 13.6. The number of hydroxylamine groups is 2. The molecule has 3 rings (SSSR count). The van der Waals surface area contributed by atoms with Gasteiger partial charge in [0.25, 0.3) is 5.69 Å². The van der Waals surface area contributed by atoms with Crippen molar-refractivity contribution in [2.75, 3.05) is 32.6 Å². The summed E-state index contributed by atoms with van der Waals surface area (Å²) < 4.78 is 0. The lowest BCUT2D eigenvalue weighted by molar-refractivity contribution is -0.384. The minimum Gasteiger partial charge on any atom is -0.331 e. The molecule has 1 aliphatic heterocycles. The van der Waals surface area contributed by atoms with Gasteiger partial charge in [-0.2, -0.15) is 5.06 Å². The zero-order valence-corrected chi connectivity index (χ0v) is 20.5. The van der Waals surface area contributed by atoms with Gasteiger partial charge in [0.05, 0.1) is 18.5 Å². The molecule has 0 spiro atoms. The van der Waals surface area contributed by atoms with Crippen LogP contribution in [0.15, 0.2) is 36.4 Å².